The van der Waals surface area contributed by atoms with Crippen LogP contribution in [0.1, 0.15) is 39.0 Å². The molecule has 1 amide bonds. The van der Waals surface area contributed by atoms with Crippen molar-refractivity contribution in [1.29, 1.82) is 0 Å². The topological polar surface area (TPSA) is 79.0 Å². The lowest BCUT2D eigenvalue weighted by molar-refractivity contribution is -0.126. The van der Waals surface area contributed by atoms with Crippen LogP contribution in [0.4, 0.5) is 0 Å². The number of carbonyl (C=O) groups excluding carboxylic acids is 1. The van der Waals surface area contributed by atoms with Crippen LogP contribution in [0.15, 0.2) is 29.2 Å². The van der Waals surface area contributed by atoms with Crippen LogP contribution in [0, 0.1) is 11.8 Å². The van der Waals surface area contributed by atoms with Gasteiger partial charge in [-0.15, -0.1) is 0 Å². The van der Waals surface area contributed by atoms with Crippen molar-refractivity contribution in [2.75, 3.05) is 46.4 Å². The first-order valence-corrected chi connectivity index (χ1v) is 12.5. The number of ether oxygens (including phenoxy) is 1. The molecule has 0 saturated carbocycles. The molecule has 1 aromatic rings. The maximum Gasteiger partial charge on any atom is 0.243 e. The summed E-state index contributed by atoms with van der Waals surface area (Å²) in [5, 5.41) is 3.05. The second-order valence-electron chi connectivity index (χ2n) is 8.55. The average Bonchev–Trinajstić information content (AvgIpc) is 2.77. The third kappa shape index (κ3) is 5.95. The van der Waals surface area contributed by atoms with E-state index in [0.717, 1.165) is 25.4 Å². The Labute approximate surface area is 180 Å². The number of amides is 1. The van der Waals surface area contributed by atoms with Gasteiger partial charge < -0.3 is 15.0 Å². The van der Waals surface area contributed by atoms with Gasteiger partial charge in [0.15, 0.2) is 0 Å². The molecule has 1 aromatic carbocycles. The third-order valence-corrected chi connectivity index (χ3v) is 8.13. The minimum absolute atomic E-state index is 0.0588. The number of rotatable bonds is 8. The SMILES string of the molecule is COc1ccc(S(=O)(=O)N2CCC(C(=O)NCCCN3CCCC(C)C3)CC2)cc1. The van der Waals surface area contributed by atoms with Crippen molar-refractivity contribution in [3.05, 3.63) is 24.3 Å². The van der Waals surface area contributed by atoms with Crippen LogP contribution in [0.3, 0.4) is 0 Å². The summed E-state index contributed by atoms with van der Waals surface area (Å²) in [5.74, 6) is 1.35. The number of carbonyl (C=O) groups is 1. The van der Waals surface area contributed by atoms with E-state index in [0.29, 0.717) is 38.2 Å². The maximum absolute atomic E-state index is 12.8. The molecular weight excluding hydrogens is 402 g/mol. The van der Waals surface area contributed by atoms with Gasteiger partial charge >= 0.3 is 0 Å². The van der Waals surface area contributed by atoms with E-state index in [1.54, 1.807) is 31.4 Å². The predicted molar refractivity (Wildman–Crippen MR) is 117 cm³/mol. The molecule has 2 saturated heterocycles. The molecule has 2 fully saturated rings. The molecule has 0 bridgehead atoms. The Morgan fingerprint density at radius 3 is 2.47 bits per heavy atom. The van der Waals surface area contributed by atoms with Gasteiger partial charge in [-0.3, -0.25) is 4.79 Å². The number of piperidine rings is 2. The van der Waals surface area contributed by atoms with Crippen LogP contribution in [0.25, 0.3) is 0 Å². The highest BCUT2D eigenvalue weighted by Gasteiger charge is 2.32. The first kappa shape index (κ1) is 23.0. The van der Waals surface area contributed by atoms with Crippen LogP contribution in [0.5, 0.6) is 5.75 Å². The fraction of sp³-hybridized carbons (Fsp3) is 0.682. The minimum Gasteiger partial charge on any atom is -0.497 e. The molecule has 1 N–H and O–H groups in total. The predicted octanol–water partition coefficient (Wildman–Crippen LogP) is 2.33. The van der Waals surface area contributed by atoms with E-state index in [4.69, 9.17) is 4.74 Å². The molecule has 2 aliphatic heterocycles. The second kappa shape index (κ2) is 10.6. The largest absolute Gasteiger partial charge is 0.497 e. The summed E-state index contributed by atoms with van der Waals surface area (Å²) in [6, 6.07) is 6.43. The monoisotopic (exact) mass is 437 g/mol. The molecule has 168 valence electrons. The molecule has 2 aliphatic rings. The van der Waals surface area contributed by atoms with Gasteiger partial charge in [0.1, 0.15) is 5.75 Å². The Morgan fingerprint density at radius 2 is 1.83 bits per heavy atom. The molecule has 7 nitrogen and oxygen atoms in total. The molecular formula is C22H35N3O4S. The number of sulfonamides is 1. The van der Waals surface area contributed by atoms with E-state index in [-0.39, 0.29) is 16.7 Å². The van der Waals surface area contributed by atoms with Crippen molar-refractivity contribution in [1.82, 2.24) is 14.5 Å². The van der Waals surface area contributed by atoms with Crippen molar-refractivity contribution in [3.8, 4) is 5.75 Å². The van der Waals surface area contributed by atoms with Gasteiger partial charge in [-0.2, -0.15) is 4.31 Å². The zero-order valence-corrected chi connectivity index (χ0v) is 19.0. The number of likely N-dealkylation sites (tertiary alicyclic amines) is 1. The van der Waals surface area contributed by atoms with Crippen LogP contribution in [-0.2, 0) is 14.8 Å². The van der Waals surface area contributed by atoms with Crippen LogP contribution in [0.2, 0.25) is 0 Å². The molecule has 3 rings (SSSR count). The standard InChI is InChI=1S/C22H35N3O4S/c1-18-5-3-13-24(17-18)14-4-12-23-22(26)19-10-15-25(16-11-19)30(27,28)21-8-6-20(29-2)7-9-21/h6-9,18-19H,3-5,10-17H2,1-2H3,(H,23,26). The smallest absolute Gasteiger partial charge is 0.243 e. The van der Waals surface area contributed by atoms with Gasteiger partial charge in [-0.25, -0.2) is 8.42 Å². The summed E-state index contributed by atoms with van der Waals surface area (Å²) >= 11 is 0. The summed E-state index contributed by atoms with van der Waals surface area (Å²) in [6.07, 6.45) is 4.67. The molecule has 30 heavy (non-hydrogen) atoms. The first-order chi connectivity index (χ1) is 14.4. The van der Waals surface area contributed by atoms with Crippen LogP contribution >= 0.6 is 0 Å². The molecule has 0 aliphatic carbocycles. The van der Waals surface area contributed by atoms with E-state index in [1.807, 2.05) is 0 Å². The maximum atomic E-state index is 12.8. The van der Waals surface area contributed by atoms with E-state index in [2.05, 4.69) is 17.1 Å². The second-order valence-corrected chi connectivity index (χ2v) is 10.5. The highest BCUT2D eigenvalue weighted by Crippen LogP contribution is 2.25. The number of nitrogens with zero attached hydrogens (tertiary/aromatic N) is 2. The molecule has 0 spiro atoms. The van der Waals surface area contributed by atoms with Crippen LogP contribution < -0.4 is 10.1 Å². The summed E-state index contributed by atoms with van der Waals surface area (Å²) < 4.78 is 32.2. The molecule has 2 heterocycles. The lowest BCUT2D eigenvalue weighted by Crippen LogP contribution is -2.43. The lowest BCUT2D eigenvalue weighted by atomic mass is 9.97. The normalized spacial score (nSPS) is 22.0. The number of hydrogen-bond donors (Lipinski definition) is 1. The van der Waals surface area contributed by atoms with Crippen molar-refractivity contribution in [2.24, 2.45) is 11.8 Å². The first-order valence-electron chi connectivity index (χ1n) is 11.0. The average molecular weight is 438 g/mol. The van der Waals surface area contributed by atoms with Crippen LogP contribution in [-0.4, -0.2) is 69.9 Å². The van der Waals surface area contributed by atoms with Crippen molar-refractivity contribution in [2.45, 2.75) is 43.9 Å². The number of methoxy groups -OCH3 is 1. The Kier molecular flexibility index (Phi) is 8.13. The summed E-state index contributed by atoms with van der Waals surface area (Å²) in [6.45, 7) is 7.09. The van der Waals surface area contributed by atoms with E-state index in [1.165, 1.54) is 23.7 Å². The minimum atomic E-state index is -3.53. The van der Waals surface area contributed by atoms with Crippen molar-refractivity contribution < 1.29 is 17.9 Å². The van der Waals surface area contributed by atoms with Gasteiger partial charge in [-0.05, 0) is 75.4 Å². The third-order valence-electron chi connectivity index (χ3n) is 6.21. The van der Waals surface area contributed by atoms with Crippen molar-refractivity contribution >= 4 is 15.9 Å². The summed E-state index contributed by atoms with van der Waals surface area (Å²) in [5.41, 5.74) is 0. The Bertz CT molecular complexity index is 789. The lowest BCUT2D eigenvalue weighted by Gasteiger charge is -2.31. The summed E-state index contributed by atoms with van der Waals surface area (Å²) in [4.78, 5) is 15.2. The Hall–Kier alpha value is -1.64. The number of benzene rings is 1. The van der Waals surface area contributed by atoms with Gasteiger partial charge in [0, 0.05) is 32.1 Å². The summed E-state index contributed by atoms with van der Waals surface area (Å²) in [7, 11) is -1.98. The van der Waals surface area contributed by atoms with Gasteiger partial charge in [0.25, 0.3) is 0 Å². The van der Waals surface area contributed by atoms with Gasteiger partial charge in [0.2, 0.25) is 15.9 Å². The molecule has 1 unspecified atom stereocenters. The van der Waals surface area contributed by atoms with E-state index >= 15 is 0 Å². The quantitative estimate of drug-likeness (QED) is 0.632. The molecule has 0 radical (unpaired) electrons. The van der Waals surface area contributed by atoms with Gasteiger partial charge in [-0.1, -0.05) is 6.92 Å². The zero-order valence-electron chi connectivity index (χ0n) is 18.2. The Balaban J connectivity index is 1.40. The van der Waals surface area contributed by atoms with Crippen molar-refractivity contribution in [3.63, 3.8) is 0 Å². The number of nitrogens with one attached hydrogen (secondary N) is 1. The number of hydrogen-bond acceptors (Lipinski definition) is 5. The highest BCUT2D eigenvalue weighted by molar-refractivity contribution is 7.89. The fourth-order valence-corrected chi connectivity index (χ4v) is 5.87. The van der Waals surface area contributed by atoms with E-state index in [9.17, 15) is 13.2 Å². The molecule has 0 aromatic heterocycles. The van der Waals surface area contributed by atoms with Gasteiger partial charge in [0.05, 0.1) is 12.0 Å². The highest BCUT2D eigenvalue weighted by atomic mass is 32.2. The fourth-order valence-electron chi connectivity index (χ4n) is 4.40. The molecule has 8 heteroatoms. The van der Waals surface area contributed by atoms with E-state index < -0.39 is 10.0 Å². The molecule has 1 atom stereocenters. The zero-order chi connectivity index (χ0) is 21.6. The Morgan fingerprint density at radius 1 is 1.13 bits per heavy atom.